The first-order valence-electron chi connectivity index (χ1n) is 7.87. The number of nitrogens with zero attached hydrogens (tertiary/aromatic N) is 2. The fourth-order valence-electron chi connectivity index (χ4n) is 2.38. The number of hydrogen-bond acceptors (Lipinski definition) is 5. The number of aliphatic carboxylic acids is 1. The van der Waals surface area contributed by atoms with Gasteiger partial charge in [-0.15, -0.1) is 0 Å². The summed E-state index contributed by atoms with van der Waals surface area (Å²) < 4.78 is 4.98. The SMILES string of the molecule is Cc1noc(CCC(=O)NC(CCC(=O)O)Cc2ccccc2)n1. The van der Waals surface area contributed by atoms with Gasteiger partial charge >= 0.3 is 5.97 Å². The first kappa shape index (κ1) is 17.7. The molecule has 1 aromatic heterocycles. The second-order valence-corrected chi connectivity index (χ2v) is 5.62. The number of aryl methyl sites for hydroxylation is 2. The summed E-state index contributed by atoms with van der Waals surface area (Å²) in [5.41, 5.74) is 1.06. The highest BCUT2D eigenvalue weighted by Gasteiger charge is 2.15. The Morgan fingerprint density at radius 3 is 2.62 bits per heavy atom. The Hall–Kier alpha value is -2.70. The lowest BCUT2D eigenvalue weighted by Crippen LogP contribution is -2.37. The standard InChI is InChI=1S/C17H21N3O4/c1-12-18-16(24-20-12)9-8-15(21)19-14(7-10-17(22)23)11-13-5-3-2-4-6-13/h2-6,14H,7-11H2,1H3,(H,19,21)(H,22,23). The molecular weight excluding hydrogens is 310 g/mol. The van der Waals surface area contributed by atoms with E-state index in [4.69, 9.17) is 9.63 Å². The van der Waals surface area contributed by atoms with Crippen molar-refractivity contribution < 1.29 is 19.2 Å². The van der Waals surface area contributed by atoms with Gasteiger partial charge in [0.2, 0.25) is 11.8 Å². The van der Waals surface area contributed by atoms with E-state index in [2.05, 4.69) is 15.5 Å². The summed E-state index contributed by atoms with van der Waals surface area (Å²) in [4.78, 5) is 27.0. The second-order valence-electron chi connectivity index (χ2n) is 5.62. The third kappa shape index (κ3) is 6.20. The molecule has 0 fully saturated rings. The van der Waals surface area contributed by atoms with E-state index in [1.165, 1.54) is 0 Å². The number of amides is 1. The summed E-state index contributed by atoms with van der Waals surface area (Å²) in [6.07, 6.45) is 1.58. The summed E-state index contributed by atoms with van der Waals surface area (Å²) >= 11 is 0. The van der Waals surface area contributed by atoms with E-state index in [0.717, 1.165) is 5.56 Å². The number of carbonyl (C=O) groups excluding carboxylic acids is 1. The largest absolute Gasteiger partial charge is 0.481 e. The van der Waals surface area contributed by atoms with Crippen molar-refractivity contribution in [3.05, 3.63) is 47.6 Å². The lowest BCUT2D eigenvalue weighted by atomic mass is 10.0. The third-order valence-corrected chi connectivity index (χ3v) is 3.53. The van der Waals surface area contributed by atoms with Crippen LogP contribution in [0.4, 0.5) is 0 Å². The molecule has 1 amide bonds. The molecule has 0 saturated carbocycles. The maximum Gasteiger partial charge on any atom is 0.303 e. The molecule has 7 nitrogen and oxygen atoms in total. The Morgan fingerprint density at radius 2 is 2.00 bits per heavy atom. The fourth-order valence-corrected chi connectivity index (χ4v) is 2.38. The van der Waals surface area contributed by atoms with E-state index >= 15 is 0 Å². The van der Waals surface area contributed by atoms with Crippen LogP contribution >= 0.6 is 0 Å². The van der Waals surface area contributed by atoms with E-state index < -0.39 is 5.97 Å². The van der Waals surface area contributed by atoms with Gasteiger partial charge in [0.05, 0.1) is 0 Å². The van der Waals surface area contributed by atoms with Gasteiger partial charge in [-0.1, -0.05) is 35.5 Å². The van der Waals surface area contributed by atoms with Gasteiger partial charge in [-0.05, 0) is 25.3 Å². The lowest BCUT2D eigenvalue weighted by molar-refractivity contribution is -0.137. The highest BCUT2D eigenvalue weighted by Crippen LogP contribution is 2.09. The molecule has 7 heteroatoms. The molecule has 0 aliphatic rings. The zero-order valence-electron chi connectivity index (χ0n) is 13.6. The smallest absolute Gasteiger partial charge is 0.303 e. The summed E-state index contributed by atoms with van der Waals surface area (Å²) in [6.45, 7) is 1.72. The molecule has 0 radical (unpaired) electrons. The summed E-state index contributed by atoms with van der Waals surface area (Å²) in [5.74, 6) is -0.0672. The summed E-state index contributed by atoms with van der Waals surface area (Å²) in [6, 6.07) is 9.45. The number of carbonyl (C=O) groups is 2. The lowest BCUT2D eigenvalue weighted by Gasteiger charge is -2.18. The average molecular weight is 331 g/mol. The Bertz CT molecular complexity index is 669. The zero-order chi connectivity index (χ0) is 17.4. The van der Waals surface area contributed by atoms with Crippen LogP contribution in [0.25, 0.3) is 0 Å². The van der Waals surface area contributed by atoms with Crippen molar-refractivity contribution in [1.29, 1.82) is 0 Å². The van der Waals surface area contributed by atoms with Crippen LogP contribution < -0.4 is 5.32 Å². The average Bonchev–Trinajstić information content (AvgIpc) is 2.97. The molecule has 2 aromatic rings. The molecule has 2 rings (SSSR count). The van der Waals surface area contributed by atoms with Gasteiger partial charge < -0.3 is 14.9 Å². The van der Waals surface area contributed by atoms with E-state index in [1.54, 1.807) is 6.92 Å². The number of benzene rings is 1. The van der Waals surface area contributed by atoms with E-state index in [-0.39, 0.29) is 24.8 Å². The van der Waals surface area contributed by atoms with Gasteiger partial charge in [0.25, 0.3) is 0 Å². The predicted octanol–water partition coefficient (Wildman–Crippen LogP) is 1.90. The molecule has 0 aliphatic heterocycles. The zero-order valence-corrected chi connectivity index (χ0v) is 13.6. The molecule has 1 unspecified atom stereocenters. The van der Waals surface area contributed by atoms with Crippen molar-refractivity contribution >= 4 is 11.9 Å². The van der Waals surface area contributed by atoms with Gasteiger partial charge in [-0.2, -0.15) is 4.98 Å². The van der Waals surface area contributed by atoms with Gasteiger partial charge in [-0.25, -0.2) is 0 Å². The molecule has 1 aromatic carbocycles. The van der Waals surface area contributed by atoms with Crippen molar-refractivity contribution in [2.45, 2.75) is 45.1 Å². The molecule has 0 saturated heterocycles. The van der Waals surface area contributed by atoms with Crippen LogP contribution in [0, 0.1) is 6.92 Å². The number of carboxylic acids is 1. The Labute approximate surface area is 140 Å². The molecule has 128 valence electrons. The van der Waals surface area contributed by atoms with Crippen molar-refractivity contribution in [3.8, 4) is 0 Å². The Balaban J connectivity index is 1.88. The van der Waals surface area contributed by atoms with Crippen molar-refractivity contribution in [2.24, 2.45) is 0 Å². The van der Waals surface area contributed by atoms with E-state index in [0.29, 0.717) is 31.0 Å². The maximum atomic E-state index is 12.1. The quantitative estimate of drug-likeness (QED) is 0.727. The minimum absolute atomic E-state index is 0.0145. The third-order valence-electron chi connectivity index (χ3n) is 3.53. The number of hydrogen-bond donors (Lipinski definition) is 2. The molecule has 0 aliphatic carbocycles. The topological polar surface area (TPSA) is 105 Å². The van der Waals surface area contributed by atoms with Gasteiger partial charge in [0.1, 0.15) is 0 Å². The normalized spacial score (nSPS) is 11.9. The Morgan fingerprint density at radius 1 is 1.25 bits per heavy atom. The van der Waals surface area contributed by atoms with Gasteiger partial charge in [0.15, 0.2) is 5.82 Å². The number of rotatable bonds is 9. The van der Waals surface area contributed by atoms with Crippen LogP contribution in [0.3, 0.4) is 0 Å². The summed E-state index contributed by atoms with van der Waals surface area (Å²) in [5, 5.41) is 15.5. The molecule has 0 spiro atoms. The minimum atomic E-state index is -0.872. The number of carboxylic acid groups (broad SMARTS) is 1. The first-order valence-corrected chi connectivity index (χ1v) is 7.87. The molecule has 1 atom stereocenters. The van der Waals surface area contributed by atoms with Crippen molar-refractivity contribution in [2.75, 3.05) is 0 Å². The van der Waals surface area contributed by atoms with E-state index in [1.807, 2.05) is 30.3 Å². The Kier molecular flexibility index (Phi) is 6.48. The molecule has 24 heavy (non-hydrogen) atoms. The van der Waals surface area contributed by atoms with Crippen molar-refractivity contribution in [3.63, 3.8) is 0 Å². The highest BCUT2D eigenvalue weighted by atomic mass is 16.5. The van der Waals surface area contributed by atoms with Crippen LogP contribution in [0.2, 0.25) is 0 Å². The fraction of sp³-hybridized carbons (Fsp3) is 0.412. The highest BCUT2D eigenvalue weighted by molar-refractivity contribution is 5.76. The van der Waals surface area contributed by atoms with Crippen LogP contribution in [-0.4, -0.2) is 33.2 Å². The van der Waals surface area contributed by atoms with Crippen LogP contribution in [0.5, 0.6) is 0 Å². The molecule has 2 N–H and O–H groups in total. The van der Waals surface area contributed by atoms with Gasteiger partial charge in [-0.3, -0.25) is 9.59 Å². The van der Waals surface area contributed by atoms with Crippen LogP contribution in [0.1, 0.15) is 36.5 Å². The van der Waals surface area contributed by atoms with Gasteiger partial charge in [0, 0.05) is 25.3 Å². The van der Waals surface area contributed by atoms with E-state index in [9.17, 15) is 9.59 Å². The first-order chi connectivity index (χ1) is 11.5. The predicted molar refractivity (Wildman–Crippen MR) is 86.3 cm³/mol. The molecular formula is C17H21N3O4. The summed E-state index contributed by atoms with van der Waals surface area (Å²) in [7, 11) is 0. The van der Waals surface area contributed by atoms with Crippen molar-refractivity contribution in [1.82, 2.24) is 15.5 Å². The maximum absolute atomic E-state index is 12.1. The number of aromatic nitrogens is 2. The van der Waals surface area contributed by atoms with Crippen LogP contribution in [-0.2, 0) is 22.4 Å². The monoisotopic (exact) mass is 331 g/mol. The number of nitrogens with one attached hydrogen (secondary N) is 1. The second kappa shape index (κ2) is 8.81. The minimum Gasteiger partial charge on any atom is -0.481 e. The van der Waals surface area contributed by atoms with Crippen LogP contribution in [0.15, 0.2) is 34.9 Å². The molecule has 1 heterocycles. The molecule has 0 bridgehead atoms.